The van der Waals surface area contributed by atoms with Gasteiger partial charge in [0.25, 0.3) is 0 Å². The third-order valence-electron chi connectivity index (χ3n) is 4.49. The second kappa shape index (κ2) is 5.57. The third-order valence-corrected chi connectivity index (χ3v) is 4.49. The molecule has 1 heterocycles. The molecule has 1 atom stereocenters. The van der Waals surface area contributed by atoms with Crippen molar-refractivity contribution in [1.82, 2.24) is 10.2 Å². The van der Waals surface area contributed by atoms with E-state index in [4.69, 9.17) is 4.74 Å². The van der Waals surface area contributed by atoms with Gasteiger partial charge >= 0.3 is 0 Å². The topological polar surface area (TPSA) is 41.6 Å². The quantitative estimate of drug-likeness (QED) is 0.726. The van der Waals surface area contributed by atoms with Gasteiger partial charge in [-0.2, -0.15) is 0 Å². The Morgan fingerprint density at radius 3 is 2.72 bits per heavy atom. The predicted molar refractivity (Wildman–Crippen MR) is 69.0 cm³/mol. The molecule has 2 aliphatic carbocycles. The minimum Gasteiger partial charge on any atom is -0.379 e. The first kappa shape index (κ1) is 12.4. The summed E-state index contributed by atoms with van der Waals surface area (Å²) in [6, 6.07) is 0. The maximum Gasteiger partial charge on any atom is 0.237 e. The van der Waals surface area contributed by atoms with Crippen LogP contribution in [0.2, 0.25) is 0 Å². The Balaban J connectivity index is 1.45. The van der Waals surface area contributed by atoms with E-state index in [1.54, 1.807) is 0 Å². The minimum absolute atomic E-state index is 0.252. The lowest BCUT2D eigenvalue weighted by atomic mass is 10.0. The highest BCUT2D eigenvalue weighted by molar-refractivity contribution is 5.80. The van der Waals surface area contributed by atoms with Crippen LogP contribution in [-0.4, -0.2) is 43.3 Å². The van der Waals surface area contributed by atoms with Crippen molar-refractivity contribution in [2.75, 3.05) is 26.3 Å². The molecule has 2 saturated carbocycles. The van der Waals surface area contributed by atoms with Crippen LogP contribution in [0.25, 0.3) is 0 Å². The molecule has 1 amide bonds. The van der Waals surface area contributed by atoms with Crippen LogP contribution in [-0.2, 0) is 9.53 Å². The van der Waals surface area contributed by atoms with Crippen molar-refractivity contribution in [2.45, 2.75) is 44.7 Å². The summed E-state index contributed by atoms with van der Waals surface area (Å²) < 4.78 is 5.66. The van der Waals surface area contributed by atoms with E-state index in [2.05, 4.69) is 5.32 Å². The van der Waals surface area contributed by atoms with E-state index in [1.165, 1.54) is 38.5 Å². The third kappa shape index (κ3) is 2.86. The Morgan fingerprint density at radius 2 is 2.00 bits per heavy atom. The van der Waals surface area contributed by atoms with E-state index in [1.807, 2.05) is 4.90 Å². The zero-order valence-electron chi connectivity index (χ0n) is 11.1. The molecule has 0 bridgehead atoms. The standard InChI is InChI=1S/C14H24N2O2/c17-13-9-15-14(12-3-1-2-4-12)16(13)7-8-18-10-11-5-6-11/h11-12,14-15H,1-10H2. The van der Waals surface area contributed by atoms with E-state index in [0.717, 1.165) is 19.1 Å². The molecule has 1 saturated heterocycles. The predicted octanol–water partition coefficient (Wildman–Crippen LogP) is 1.36. The molecule has 4 nitrogen and oxygen atoms in total. The lowest BCUT2D eigenvalue weighted by Crippen LogP contribution is -2.44. The Kier molecular flexibility index (Phi) is 3.85. The molecule has 3 fully saturated rings. The maximum absolute atomic E-state index is 11.9. The smallest absolute Gasteiger partial charge is 0.237 e. The fraction of sp³-hybridized carbons (Fsp3) is 0.929. The molecule has 102 valence electrons. The zero-order valence-corrected chi connectivity index (χ0v) is 11.1. The highest BCUT2D eigenvalue weighted by Crippen LogP contribution is 2.31. The van der Waals surface area contributed by atoms with Gasteiger partial charge in [-0.15, -0.1) is 0 Å². The minimum atomic E-state index is 0.252. The van der Waals surface area contributed by atoms with Crippen molar-refractivity contribution in [1.29, 1.82) is 0 Å². The Labute approximate surface area is 109 Å². The second-order valence-corrected chi connectivity index (χ2v) is 5.98. The fourth-order valence-corrected chi connectivity index (χ4v) is 3.21. The van der Waals surface area contributed by atoms with E-state index >= 15 is 0 Å². The molecule has 3 aliphatic rings. The molecule has 0 radical (unpaired) electrons. The molecule has 1 unspecified atom stereocenters. The van der Waals surface area contributed by atoms with Gasteiger partial charge in [-0.05, 0) is 37.5 Å². The van der Waals surface area contributed by atoms with Gasteiger partial charge in [-0.1, -0.05) is 12.8 Å². The first-order valence-electron chi connectivity index (χ1n) is 7.45. The van der Waals surface area contributed by atoms with Gasteiger partial charge in [0.15, 0.2) is 0 Å². The summed E-state index contributed by atoms with van der Waals surface area (Å²) in [5, 5.41) is 3.38. The van der Waals surface area contributed by atoms with E-state index in [-0.39, 0.29) is 12.1 Å². The van der Waals surface area contributed by atoms with E-state index < -0.39 is 0 Å². The molecule has 4 heteroatoms. The summed E-state index contributed by atoms with van der Waals surface area (Å²) in [4.78, 5) is 13.9. The van der Waals surface area contributed by atoms with Crippen molar-refractivity contribution in [2.24, 2.45) is 11.8 Å². The van der Waals surface area contributed by atoms with Gasteiger partial charge in [0, 0.05) is 13.2 Å². The van der Waals surface area contributed by atoms with E-state index in [9.17, 15) is 4.79 Å². The Hall–Kier alpha value is -0.610. The van der Waals surface area contributed by atoms with Crippen molar-refractivity contribution < 1.29 is 9.53 Å². The normalized spacial score (nSPS) is 29.4. The number of amides is 1. The largest absolute Gasteiger partial charge is 0.379 e. The second-order valence-electron chi connectivity index (χ2n) is 5.98. The van der Waals surface area contributed by atoms with Gasteiger partial charge in [-0.25, -0.2) is 0 Å². The molecule has 18 heavy (non-hydrogen) atoms. The number of rotatable bonds is 6. The first-order chi connectivity index (χ1) is 8.84. The monoisotopic (exact) mass is 252 g/mol. The fourth-order valence-electron chi connectivity index (χ4n) is 3.21. The van der Waals surface area contributed by atoms with Crippen LogP contribution in [0, 0.1) is 11.8 Å². The number of nitrogens with zero attached hydrogens (tertiary/aromatic N) is 1. The summed E-state index contributed by atoms with van der Waals surface area (Å²) >= 11 is 0. The van der Waals surface area contributed by atoms with Crippen molar-refractivity contribution >= 4 is 5.91 Å². The SMILES string of the molecule is O=C1CNC(C2CCCC2)N1CCOCC1CC1. The number of hydrogen-bond acceptors (Lipinski definition) is 3. The Morgan fingerprint density at radius 1 is 1.22 bits per heavy atom. The van der Waals surface area contributed by atoms with Crippen LogP contribution in [0.5, 0.6) is 0 Å². The highest BCUT2D eigenvalue weighted by atomic mass is 16.5. The van der Waals surface area contributed by atoms with Crippen molar-refractivity contribution in [3.8, 4) is 0 Å². The van der Waals surface area contributed by atoms with Gasteiger partial charge in [0.05, 0.1) is 19.3 Å². The summed E-state index contributed by atoms with van der Waals surface area (Å²) in [5.41, 5.74) is 0. The molecule has 0 spiro atoms. The number of carbonyl (C=O) groups is 1. The lowest BCUT2D eigenvalue weighted by Gasteiger charge is -2.29. The highest BCUT2D eigenvalue weighted by Gasteiger charge is 2.36. The maximum atomic E-state index is 11.9. The van der Waals surface area contributed by atoms with Crippen LogP contribution in [0.15, 0.2) is 0 Å². The van der Waals surface area contributed by atoms with Gasteiger partial charge < -0.3 is 9.64 Å². The van der Waals surface area contributed by atoms with Gasteiger partial charge in [0.1, 0.15) is 0 Å². The number of carbonyl (C=O) groups excluding carboxylic acids is 1. The van der Waals surface area contributed by atoms with Crippen molar-refractivity contribution in [3.05, 3.63) is 0 Å². The van der Waals surface area contributed by atoms with E-state index in [0.29, 0.717) is 19.1 Å². The molecule has 0 aromatic carbocycles. The van der Waals surface area contributed by atoms with Crippen LogP contribution in [0.3, 0.4) is 0 Å². The Bertz CT molecular complexity index is 298. The molecule has 1 aliphatic heterocycles. The summed E-state index contributed by atoms with van der Waals surface area (Å²) in [6.45, 7) is 2.88. The van der Waals surface area contributed by atoms with Gasteiger partial charge in [0.2, 0.25) is 5.91 Å². The average Bonchev–Trinajstić information content (AvgIpc) is 2.89. The summed E-state index contributed by atoms with van der Waals surface area (Å²) in [6.07, 6.45) is 8.12. The zero-order chi connectivity index (χ0) is 12.4. The van der Waals surface area contributed by atoms with Crippen LogP contribution in [0.4, 0.5) is 0 Å². The summed E-state index contributed by atoms with van der Waals surface area (Å²) in [5.74, 6) is 1.73. The lowest BCUT2D eigenvalue weighted by molar-refractivity contribution is -0.129. The molecule has 1 N–H and O–H groups in total. The van der Waals surface area contributed by atoms with Crippen molar-refractivity contribution in [3.63, 3.8) is 0 Å². The summed E-state index contributed by atoms with van der Waals surface area (Å²) in [7, 11) is 0. The molecular formula is C14H24N2O2. The number of nitrogens with one attached hydrogen (secondary N) is 1. The molecular weight excluding hydrogens is 228 g/mol. The first-order valence-corrected chi connectivity index (χ1v) is 7.45. The van der Waals surface area contributed by atoms with Gasteiger partial charge in [-0.3, -0.25) is 10.1 Å². The molecule has 0 aromatic rings. The van der Waals surface area contributed by atoms with Crippen LogP contribution < -0.4 is 5.32 Å². The molecule has 0 aromatic heterocycles. The average molecular weight is 252 g/mol. The number of ether oxygens (including phenoxy) is 1. The van der Waals surface area contributed by atoms with Crippen LogP contribution >= 0.6 is 0 Å². The molecule has 3 rings (SSSR count). The van der Waals surface area contributed by atoms with Crippen LogP contribution in [0.1, 0.15) is 38.5 Å². The number of hydrogen-bond donors (Lipinski definition) is 1.